The molecule has 0 atom stereocenters. The molecular formula is C26H34N4S+2. The van der Waals surface area contributed by atoms with Crippen molar-refractivity contribution >= 4 is 34.6 Å². The fraction of sp³-hybridized carbons (Fsp3) is 0.269. The molecule has 1 aromatic heterocycles. The van der Waals surface area contributed by atoms with Crippen LogP contribution in [-0.4, -0.2) is 31.0 Å². The van der Waals surface area contributed by atoms with Gasteiger partial charge in [0.2, 0.25) is 0 Å². The largest absolute Gasteiger partial charge is 0.374 e. The summed E-state index contributed by atoms with van der Waals surface area (Å²) in [6, 6.07) is 17.3. The molecule has 1 heterocycles. The van der Waals surface area contributed by atoms with Crippen LogP contribution in [0.1, 0.15) is 12.5 Å². The average Bonchev–Trinajstić information content (AvgIpc) is 3.04. The normalized spacial score (nSPS) is 12.5. The van der Waals surface area contributed by atoms with Crippen LogP contribution in [-0.2, 0) is 14.1 Å². The summed E-state index contributed by atoms with van der Waals surface area (Å²) in [5.41, 5.74) is 6.20. The number of fused-ring (bicyclic) bond motifs is 1. The predicted molar refractivity (Wildman–Crippen MR) is 134 cm³/mol. The minimum atomic E-state index is 0.989. The molecule has 0 aliphatic rings. The van der Waals surface area contributed by atoms with E-state index in [1.807, 2.05) is 24.1 Å². The van der Waals surface area contributed by atoms with Crippen LogP contribution >= 0.6 is 11.8 Å². The standard InChI is InChI=1S/C26H33N4S/c1-6-21(17-18-27-2)11-12-22-13-15-23(16-14-22)28(3)19-20-31-26-29(4)24-9-7-8-10-25(24)30(26)5/h6-18,27H,19-20H2,1-5H3/q+1/p+1/b12-11+,18-17-,21-6-. The molecule has 162 valence electrons. The quantitative estimate of drug-likeness (QED) is 0.314. The van der Waals surface area contributed by atoms with E-state index in [-0.39, 0.29) is 0 Å². The van der Waals surface area contributed by atoms with E-state index in [1.165, 1.54) is 33.0 Å². The van der Waals surface area contributed by atoms with Crippen molar-refractivity contribution in [2.75, 3.05) is 31.3 Å². The Bertz CT molecular complexity index is 1050. The number of aryl methyl sites for hydroxylation is 2. The maximum absolute atomic E-state index is 2.32. The van der Waals surface area contributed by atoms with Crippen molar-refractivity contribution in [1.82, 2.24) is 4.57 Å². The number of anilines is 1. The highest BCUT2D eigenvalue weighted by atomic mass is 32.2. The molecule has 3 rings (SSSR count). The molecule has 0 unspecified atom stereocenters. The van der Waals surface area contributed by atoms with E-state index in [0.29, 0.717) is 0 Å². The third kappa shape index (κ3) is 5.69. The summed E-state index contributed by atoms with van der Waals surface area (Å²) in [4.78, 5) is 2.32. The molecule has 0 radical (unpaired) electrons. The Hall–Kier alpha value is -2.76. The average molecular weight is 435 g/mol. The minimum Gasteiger partial charge on any atom is -0.374 e. The molecular weight excluding hydrogens is 400 g/mol. The highest BCUT2D eigenvalue weighted by molar-refractivity contribution is 7.99. The van der Waals surface area contributed by atoms with E-state index in [4.69, 9.17) is 0 Å². The van der Waals surface area contributed by atoms with E-state index in [2.05, 4.69) is 121 Å². The summed E-state index contributed by atoms with van der Waals surface area (Å²) >= 11 is 1.90. The predicted octanol–water partition coefficient (Wildman–Crippen LogP) is 3.90. The fourth-order valence-corrected chi connectivity index (χ4v) is 4.68. The second-order valence-electron chi connectivity index (χ2n) is 7.57. The number of benzene rings is 2. The molecule has 5 heteroatoms. The molecule has 0 saturated carbocycles. The van der Waals surface area contributed by atoms with Crippen LogP contribution < -0.4 is 14.8 Å². The van der Waals surface area contributed by atoms with Gasteiger partial charge in [-0.2, -0.15) is 0 Å². The first-order valence-electron chi connectivity index (χ1n) is 10.7. The summed E-state index contributed by atoms with van der Waals surface area (Å²) in [5.74, 6) is 1.03. The van der Waals surface area contributed by atoms with E-state index in [0.717, 1.165) is 12.3 Å². The lowest BCUT2D eigenvalue weighted by Crippen LogP contribution is -2.72. The van der Waals surface area contributed by atoms with Crippen molar-refractivity contribution in [3.63, 3.8) is 0 Å². The Morgan fingerprint density at radius 2 is 1.87 bits per heavy atom. The van der Waals surface area contributed by atoms with Gasteiger partial charge in [0.05, 0.1) is 27.3 Å². The Morgan fingerprint density at radius 3 is 2.55 bits per heavy atom. The molecule has 0 bridgehead atoms. The molecule has 0 aliphatic carbocycles. The topological polar surface area (TPSA) is 28.7 Å². The zero-order chi connectivity index (χ0) is 22.2. The number of imidazole rings is 1. The van der Waals surface area contributed by atoms with Crippen molar-refractivity contribution in [3.05, 3.63) is 84.1 Å². The number of rotatable bonds is 9. The number of quaternary nitrogens is 1. The van der Waals surface area contributed by atoms with Gasteiger partial charge in [-0.15, -0.1) is 0 Å². The lowest BCUT2D eigenvalue weighted by molar-refractivity contribution is -0.685. The first-order chi connectivity index (χ1) is 15.0. The molecule has 31 heavy (non-hydrogen) atoms. The van der Waals surface area contributed by atoms with Gasteiger partial charge >= 0.3 is 5.16 Å². The van der Waals surface area contributed by atoms with Crippen LogP contribution in [0.2, 0.25) is 0 Å². The Kier molecular flexibility index (Phi) is 8.15. The summed E-state index contributed by atoms with van der Waals surface area (Å²) in [5, 5.41) is 3.32. The Morgan fingerprint density at radius 1 is 1.13 bits per heavy atom. The third-order valence-corrected chi connectivity index (χ3v) is 6.65. The van der Waals surface area contributed by atoms with Crippen LogP contribution in [0.3, 0.4) is 0 Å². The van der Waals surface area contributed by atoms with Gasteiger partial charge in [-0.25, -0.2) is 9.13 Å². The molecule has 4 nitrogen and oxygen atoms in total. The monoisotopic (exact) mass is 434 g/mol. The molecule has 3 aromatic rings. The molecule has 0 spiro atoms. The van der Waals surface area contributed by atoms with Gasteiger partial charge in [-0.1, -0.05) is 42.5 Å². The van der Waals surface area contributed by atoms with E-state index < -0.39 is 0 Å². The van der Waals surface area contributed by atoms with Crippen molar-refractivity contribution < 1.29 is 9.88 Å². The van der Waals surface area contributed by atoms with Crippen molar-refractivity contribution in [2.24, 2.45) is 14.1 Å². The lowest BCUT2D eigenvalue weighted by Gasteiger charge is -2.18. The van der Waals surface area contributed by atoms with Crippen LogP contribution in [0.5, 0.6) is 0 Å². The van der Waals surface area contributed by atoms with Gasteiger partial charge < -0.3 is 10.2 Å². The van der Waals surface area contributed by atoms with Gasteiger partial charge in [0.25, 0.3) is 0 Å². The molecule has 0 fully saturated rings. The van der Waals surface area contributed by atoms with Gasteiger partial charge in [0.15, 0.2) is 11.0 Å². The maximum Gasteiger partial charge on any atom is 0.318 e. The smallest absolute Gasteiger partial charge is 0.318 e. The van der Waals surface area contributed by atoms with Crippen molar-refractivity contribution in [1.29, 1.82) is 0 Å². The second-order valence-corrected chi connectivity index (χ2v) is 8.63. The first kappa shape index (κ1) is 22.9. The number of hydrogen-bond acceptors (Lipinski definition) is 2. The first-order valence-corrected chi connectivity index (χ1v) is 11.7. The van der Waals surface area contributed by atoms with Crippen LogP contribution in [0.4, 0.5) is 5.69 Å². The summed E-state index contributed by atoms with van der Waals surface area (Å²) < 4.78 is 4.57. The maximum atomic E-state index is 2.32. The highest BCUT2D eigenvalue weighted by Crippen LogP contribution is 2.22. The number of nitrogens with zero attached hydrogens (tertiary/aromatic N) is 3. The SMILES string of the molecule is C/C=C(\C=C/[NH2+]C)/C=C/c1ccc(N(C)CCSc2n(C)c3ccccc3[n+]2C)cc1. The number of thioether (sulfide) groups is 1. The van der Waals surface area contributed by atoms with E-state index in [9.17, 15) is 0 Å². The highest BCUT2D eigenvalue weighted by Gasteiger charge is 2.19. The number of nitrogens with two attached hydrogens (primary N) is 1. The number of hydrogen-bond donors (Lipinski definition) is 1. The van der Waals surface area contributed by atoms with Crippen molar-refractivity contribution in [2.45, 2.75) is 12.1 Å². The number of aromatic nitrogens is 2. The second kappa shape index (κ2) is 11.0. The van der Waals surface area contributed by atoms with Gasteiger partial charge in [-0.05, 0) is 60.2 Å². The molecule has 0 saturated heterocycles. The molecule has 0 aliphatic heterocycles. The van der Waals surface area contributed by atoms with Crippen LogP contribution in [0.25, 0.3) is 17.1 Å². The number of allylic oxidation sites excluding steroid dienone is 4. The lowest BCUT2D eigenvalue weighted by atomic mass is 10.1. The molecule has 0 amide bonds. The van der Waals surface area contributed by atoms with Gasteiger partial charge in [0, 0.05) is 25.0 Å². The van der Waals surface area contributed by atoms with E-state index >= 15 is 0 Å². The van der Waals surface area contributed by atoms with Gasteiger partial charge in [-0.3, -0.25) is 0 Å². The Balaban J connectivity index is 1.58. The zero-order valence-corrected chi connectivity index (χ0v) is 20.1. The number of para-hydroxylation sites is 2. The summed E-state index contributed by atoms with van der Waals surface area (Å²) in [6.07, 6.45) is 10.6. The minimum absolute atomic E-state index is 0.989. The third-order valence-electron chi connectivity index (χ3n) is 5.45. The summed E-state index contributed by atoms with van der Waals surface area (Å²) in [7, 11) is 8.49. The Labute approximate surface area is 190 Å². The van der Waals surface area contributed by atoms with E-state index in [1.54, 1.807) is 0 Å². The molecule has 2 N–H and O–H groups in total. The van der Waals surface area contributed by atoms with Gasteiger partial charge in [0.1, 0.15) is 0 Å². The van der Waals surface area contributed by atoms with Crippen LogP contribution in [0.15, 0.2) is 83.7 Å². The van der Waals surface area contributed by atoms with Crippen LogP contribution in [0, 0.1) is 0 Å². The van der Waals surface area contributed by atoms with Crippen molar-refractivity contribution in [3.8, 4) is 0 Å². The summed E-state index contributed by atoms with van der Waals surface area (Å²) in [6.45, 7) is 3.05. The molecule has 2 aromatic carbocycles. The zero-order valence-electron chi connectivity index (χ0n) is 19.2. The fourth-order valence-electron chi connectivity index (χ4n) is 3.55.